The number of nitrogens with zero attached hydrogens (tertiary/aromatic N) is 1. The summed E-state index contributed by atoms with van der Waals surface area (Å²) in [5.74, 6) is 1.26. The van der Waals surface area contributed by atoms with E-state index in [4.69, 9.17) is 9.47 Å². The normalized spacial score (nSPS) is 10.7. The van der Waals surface area contributed by atoms with E-state index in [0.29, 0.717) is 17.9 Å². The molecule has 0 aliphatic heterocycles. The van der Waals surface area contributed by atoms with E-state index in [-0.39, 0.29) is 5.78 Å². The lowest BCUT2D eigenvalue weighted by Crippen LogP contribution is -1.99. The van der Waals surface area contributed by atoms with Gasteiger partial charge in [-0.25, -0.2) is 0 Å². The van der Waals surface area contributed by atoms with Crippen LogP contribution in [0, 0.1) is 6.92 Å². The molecule has 1 aromatic heterocycles. The van der Waals surface area contributed by atoms with Crippen molar-refractivity contribution in [1.29, 1.82) is 0 Å². The standard InChI is InChI=1S/C23H21NO3/c1-17-3-10-23(26-2)21(15-17)22(25)9-6-18-4-7-20(8-5-18)27-16-19-11-13-24-14-12-19/h3-15H,16H2,1-2H3/b9-6+. The minimum absolute atomic E-state index is 0.0893. The quantitative estimate of drug-likeness (QED) is 0.446. The van der Waals surface area contributed by atoms with Crippen molar-refractivity contribution in [2.75, 3.05) is 7.11 Å². The maximum absolute atomic E-state index is 12.5. The van der Waals surface area contributed by atoms with Crippen LogP contribution in [0.5, 0.6) is 11.5 Å². The van der Waals surface area contributed by atoms with Gasteiger partial charge in [0, 0.05) is 12.4 Å². The number of carbonyl (C=O) groups excluding carboxylic acids is 1. The van der Waals surface area contributed by atoms with Crippen molar-refractivity contribution in [1.82, 2.24) is 4.98 Å². The number of allylic oxidation sites excluding steroid dienone is 1. The molecule has 0 aliphatic carbocycles. The third-order valence-corrected chi connectivity index (χ3v) is 4.08. The summed E-state index contributed by atoms with van der Waals surface area (Å²) in [6.07, 6.45) is 6.83. The molecule has 0 amide bonds. The van der Waals surface area contributed by atoms with Gasteiger partial charge in [0.25, 0.3) is 0 Å². The Kier molecular flexibility index (Phi) is 6.00. The van der Waals surface area contributed by atoms with Crippen LogP contribution in [-0.4, -0.2) is 17.9 Å². The SMILES string of the molecule is COc1ccc(C)cc1C(=O)/C=C/c1ccc(OCc2ccncc2)cc1. The molecule has 0 spiro atoms. The molecule has 136 valence electrons. The summed E-state index contributed by atoms with van der Waals surface area (Å²) in [4.78, 5) is 16.5. The average molecular weight is 359 g/mol. The van der Waals surface area contributed by atoms with E-state index in [1.807, 2.05) is 61.5 Å². The molecule has 4 heteroatoms. The van der Waals surface area contributed by atoms with Crippen molar-refractivity contribution in [2.24, 2.45) is 0 Å². The number of rotatable bonds is 7. The van der Waals surface area contributed by atoms with Crippen molar-refractivity contribution in [2.45, 2.75) is 13.5 Å². The van der Waals surface area contributed by atoms with Crippen LogP contribution in [0.15, 0.2) is 73.1 Å². The Morgan fingerprint density at radius 1 is 1.04 bits per heavy atom. The third kappa shape index (κ3) is 5.05. The summed E-state index contributed by atoms with van der Waals surface area (Å²) < 4.78 is 11.0. The van der Waals surface area contributed by atoms with E-state index in [1.165, 1.54) is 0 Å². The lowest BCUT2D eigenvalue weighted by Gasteiger charge is -2.07. The summed E-state index contributed by atoms with van der Waals surface area (Å²) in [6, 6.07) is 17.0. The second-order valence-corrected chi connectivity index (χ2v) is 6.11. The summed E-state index contributed by atoms with van der Waals surface area (Å²) in [6.45, 7) is 2.44. The number of ether oxygens (including phenoxy) is 2. The second kappa shape index (κ2) is 8.81. The van der Waals surface area contributed by atoms with Crippen LogP contribution in [0.25, 0.3) is 6.08 Å². The van der Waals surface area contributed by atoms with Gasteiger partial charge >= 0.3 is 0 Å². The third-order valence-electron chi connectivity index (χ3n) is 4.08. The van der Waals surface area contributed by atoms with Crippen LogP contribution >= 0.6 is 0 Å². The zero-order chi connectivity index (χ0) is 19.1. The van der Waals surface area contributed by atoms with E-state index in [2.05, 4.69) is 4.98 Å². The highest BCUT2D eigenvalue weighted by Crippen LogP contribution is 2.21. The van der Waals surface area contributed by atoms with E-state index in [1.54, 1.807) is 31.7 Å². The highest BCUT2D eigenvalue weighted by atomic mass is 16.5. The van der Waals surface area contributed by atoms with E-state index >= 15 is 0 Å². The van der Waals surface area contributed by atoms with E-state index in [0.717, 1.165) is 22.4 Å². The number of ketones is 1. The Bertz CT molecular complexity index is 932. The van der Waals surface area contributed by atoms with Gasteiger partial charge in [-0.15, -0.1) is 0 Å². The molecule has 0 radical (unpaired) electrons. The maximum Gasteiger partial charge on any atom is 0.189 e. The van der Waals surface area contributed by atoms with Gasteiger partial charge in [0.1, 0.15) is 18.1 Å². The molecule has 0 aliphatic rings. The van der Waals surface area contributed by atoms with E-state index in [9.17, 15) is 4.79 Å². The summed E-state index contributed by atoms with van der Waals surface area (Å²) in [5, 5.41) is 0. The molecule has 2 aromatic carbocycles. The fourth-order valence-electron chi connectivity index (χ4n) is 2.60. The lowest BCUT2D eigenvalue weighted by molar-refractivity contribution is 0.104. The molecule has 0 fully saturated rings. The van der Waals surface area contributed by atoms with Crippen molar-refractivity contribution in [3.63, 3.8) is 0 Å². The smallest absolute Gasteiger partial charge is 0.189 e. The molecule has 0 N–H and O–H groups in total. The zero-order valence-electron chi connectivity index (χ0n) is 15.4. The number of aromatic nitrogens is 1. The van der Waals surface area contributed by atoms with Crippen molar-refractivity contribution < 1.29 is 14.3 Å². The fourth-order valence-corrected chi connectivity index (χ4v) is 2.60. The Morgan fingerprint density at radius 2 is 1.78 bits per heavy atom. The molecule has 3 rings (SSSR count). The van der Waals surface area contributed by atoms with Crippen LogP contribution in [0.4, 0.5) is 0 Å². The van der Waals surface area contributed by atoms with Crippen LogP contribution in [0.3, 0.4) is 0 Å². The molecule has 3 aromatic rings. The molecule has 0 bridgehead atoms. The zero-order valence-corrected chi connectivity index (χ0v) is 15.4. The molecule has 4 nitrogen and oxygen atoms in total. The van der Waals surface area contributed by atoms with Crippen LogP contribution in [-0.2, 0) is 6.61 Å². The topological polar surface area (TPSA) is 48.4 Å². The monoisotopic (exact) mass is 359 g/mol. The van der Waals surface area contributed by atoms with Crippen molar-refractivity contribution in [3.8, 4) is 11.5 Å². The number of methoxy groups -OCH3 is 1. The maximum atomic E-state index is 12.5. The highest BCUT2D eigenvalue weighted by Gasteiger charge is 2.09. The number of hydrogen-bond acceptors (Lipinski definition) is 4. The molecule has 0 unspecified atom stereocenters. The molecule has 0 saturated carbocycles. The second-order valence-electron chi connectivity index (χ2n) is 6.11. The average Bonchev–Trinajstić information content (AvgIpc) is 2.72. The Hall–Kier alpha value is -3.40. The summed E-state index contributed by atoms with van der Waals surface area (Å²) in [7, 11) is 1.57. The van der Waals surface area contributed by atoms with E-state index < -0.39 is 0 Å². The number of benzene rings is 2. The van der Waals surface area contributed by atoms with Gasteiger partial charge in [-0.3, -0.25) is 9.78 Å². The fraction of sp³-hybridized carbons (Fsp3) is 0.130. The van der Waals surface area contributed by atoms with Crippen LogP contribution in [0.2, 0.25) is 0 Å². The molecular weight excluding hydrogens is 338 g/mol. The highest BCUT2D eigenvalue weighted by molar-refractivity contribution is 6.08. The first-order valence-electron chi connectivity index (χ1n) is 8.64. The van der Waals surface area contributed by atoms with Gasteiger partial charge in [-0.1, -0.05) is 29.8 Å². The predicted octanol–water partition coefficient (Wildman–Crippen LogP) is 4.87. The Balaban J connectivity index is 1.64. The number of carbonyl (C=O) groups is 1. The van der Waals surface area contributed by atoms with Crippen LogP contribution < -0.4 is 9.47 Å². The summed E-state index contributed by atoms with van der Waals surface area (Å²) >= 11 is 0. The van der Waals surface area contributed by atoms with Gasteiger partial charge in [0.15, 0.2) is 5.78 Å². The van der Waals surface area contributed by atoms with Crippen molar-refractivity contribution >= 4 is 11.9 Å². The molecule has 27 heavy (non-hydrogen) atoms. The molecule has 0 atom stereocenters. The first kappa shape index (κ1) is 18.4. The molecular formula is C23H21NO3. The number of hydrogen-bond donors (Lipinski definition) is 0. The van der Waals surface area contributed by atoms with Gasteiger partial charge in [-0.2, -0.15) is 0 Å². The Morgan fingerprint density at radius 3 is 2.48 bits per heavy atom. The lowest BCUT2D eigenvalue weighted by atomic mass is 10.1. The minimum atomic E-state index is -0.0893. The number of aryl methyl sites for hydroxylation is 1. The Labute approximate surface area is 159 Å². The minimum Gasteiger partial charge on any atom is -0.496 e. The summed E-state index contributed by atoms with van der Waals surface area (Å²) in [5.41, 5.74) is 3.56. The van der Waals surface area contributed by atoms with Gasteiger partial charge in [0.05, 0.1) is 12.7 Å². The molecule has 1 heterocycles. The van der Waals surface area contributed by atoms with Gasteiger partial charge in [-0.05, 0) is 60.5 Å². The predicted molar refractivity (Wildman–Crippen MR) is 106 cm³/mol. The first-order chi connectivity index (χ1) is 13.2. The first-order valence-corrected chi connectivity index (χ1v) is 8.64. The largest absolute Gasteiger partial charge is 0.496 e. The van der Waals surface area contributed by atoms with Crippen LogP contribution in [0.1, 0.15) is 27.0 Å². The van der Waals surface area contributed by atoms with Gasteiger partial charge in [0.2, 0.25) is 0 Å². The van der Waals surface area contributed by atoms with Crippen molar-refractivity contribution in [3.05, 3.63) is 95.3 Å². The van der Waals surface area contributed by atoms with Gasteiger partial charge < -0.3 is 9.47 Å². The molecule has 0 saturated heterocycles. The number of pyridine rings is 1.